The number of amides is 1. The number of allylic oxidation sites excluding steroid dienone is 1. The fraction of sp³-hybridized carbons (Fsp3) is 0.538. The molecule has 1 atom stereocenters. The van der Waals surface area contributed by atoms with Crippen LogP contribution in [-0.4, -0.2) is 91.5 Å². The van der Waals surface area contributed by atoms with Crippen LogP contribution in [-0.2, 0) is 4.79 Å². The van der Waals surface area contributed by atoms with Crippen molar-refractivity contribution in [2.24, 2.45) is 11.0 Å². The zero-order valence-electron chi connectivity index (χ0n) is 19.6. The number of halogens is 1. The first kappa shape index (κ1) is 21.6. The predicted molar refractivity (Wildman–Crippen MR) is 132 cm³/mol. The lowest BCUT2D eigenvalue weighted by molar-refractivity contribution is -0.142. The minimum Gasteiger partial charge on any atom is -0.369 e. The zero-order valence-corrected chi connectivity index (χ0v) is 19.6. The van der Waals surface area contributed by atoms with E-state index in [1.165, 1.54) is 22.5 Å². The second-order valence-electron chi connectivity index (χ2n) is 9.97. The lowest BCUT2D eigenvalue weighted by Crippen LogP contribution is -2.53. The van der Waals surface area contributed by atoms with Gasteiger partial charge < -0.3 is 20.0 Å². The minimum absolute atomic E-state index is 0.0994. The first-order valence-corrected chi connectivity index (χ1v) is 12.6. The van der Waals surface area contributed by atoms with E-state index >= 15 is 0 Å². The van der Waals surface area contributed by atoms with Gasteiger partial charge in [-0.25, -0.2) is 4.39 Å². The number of nitrogens with one attached hydrogen (secondary N) is 1. The number of anilines is 1. The summed E-state index contributed by atoms with van der Waals surface area (Å²) in [5, 5.41) is 10.1. The molecule has 5 aliphatic rings. The molecule has 1 aliphatic carbocycles. The molecule has 1 saturated carbocycles. The minimum atomic E-state index is -0.782. The van der Waals surface area contributed by atoms with Crippen molar-refractivity contribution in [3.8, 4) is 0 Å². The quantitative estimate of drug-likeness (QED) is 0.741. The number of carbonyl (C=O) groups is 1. The van der Waals surface area contributed by atoms with Crippen molar-refractivity contribution in [3.63, 3.8) is 0 Å². The third-order valence-electron chi connectivity index (χ3n) is 7.91. The number of fused-ring (bicyclic) bond motifs is 1. The van der Waals surface area contributed by atoms with Crippen molar-refractivity contribution in [1.82, 2.24) is 20.1 Å². The van der Waals surface area contributed by atoms with Crippen LogP contribution in [0.4, 0.5) is 10.1 Å². The van der Waals surface area contributed by atoms with Gasteiger partial charge >= 0.3 is 0 Å². The maximum absolute atomic E-state index is 13.2. The summed E-state index contributed by atoms with van der Waals surface area (Å²) in [7, 11) is 0. The van der Waals surface area contributed by atoms with Gasteiger partial charge in [0.25, 0.3) is 0 Å². The Bertz CT molecular complexity index is 1000. The van der Waals surface area contributed by atoms with Crippen molar-refractivity contribution in [2.45, 2.75) is 31.5 Å². The van der Waals surface area contributed by atoms with Gasteiger partial charge in [0.15, 0.2) is 0 Å². The number of piperazine rings is 2. The number of nitrogens with zero attached hydrogens (tertiary/aromatic N) is 5. The molecule has 2 saturated heterocycles. The van der Waals surface area contributed by atoms with Gasteiger partial charge in [0.05, 0.1) is 6.04 Å². The highest BCUT2D eigenvalue weighted by molar-refractivity contribution is 5.80. The lowest BCUT2D eigenvalue weighted by Gasteiger charge is -2.42. The summed E-state index contributed by atoms with van der Waals surface area (Å²) in [6, 6.07) is 9.15. The Morgan fingerprint density at radius 1 is 0.971 bits per heavy atom. The number of rotatable bonds is 4. The SMILES string of the molecule is O=C(C1CC(F)C1)N1CCN(C2=CC=NN3C=C(c4ccc(N5CCNCC5)cc4)CC23)CC1. The third-order valence-corrected chi connectivity index (χ3v) is 7.91. The molecule has 1 amide bonds. The Labute approximate surface area is 200 Å². The van der Waals surface area contributed by atoms with Gasteiger partial charge in [0, 0.05) is 88.5 Å². The molecule has 7 nitrogen and oxygen atoms in total. The van der Waals surface area contributed by atoms with Gasteiger partial charge in [-0.3, -0.25) is 9.80 Å². The van der Waals surface area contributed by atoms with Crippen LogP contribution in [0.5, 0.6) is 0 Å². The molecule has 1 aromatic rings. The van der Waals surface area contributed by atoms with Crippen molar-refractivity contribution in [3.05, 3.63) is 47.8 Å². The van der Waals surface area contributed by atoms with Crippen molar-refractivity contribution >= 4 is 23.4 Å². The number of hydrazone groups is 1. The third kappa shape index (κ3) is 4.08. The lowest BCUT2D eigenvalue weighted by atomic mass is 9.82. The number of hydrogen-bond donors (Lipinski definition) is 1. The molecule has 34 heavy (non-hydrogen) atoms. The molecule has 0 bridgehead atoms. The van der Waals surface area contributed by atoms with E-state index in [1.54, 1.807) is 0 Å². The fourth-order valence-corrected chi connectivity index (χ4v) is 5.77. The predicted octanol–water partition coefficient (Wildman–Crippen LogP) is 2.29. The maximum Gasteiger partial charge on any atom is 0.226 e. The summed E-state index contributed by atoms with van der Waals surface area (Å²) in [4.78, 5) is 19.4. The summed E-state index contributed by atoms with van der Waals surface area (Å²) in [6.45, 7) is 7.23. The molecule has 1 unspecified atom stereocenters. The highest BCUT2D eigenvalue weighted by Gasteiger charge is 2.39. The molecule has 1 N–H and O–H groups in total. The molecule has 3 fully saturated rings. The Morgan fingerprint density at radius 3 is 2.41 bits per heavy atom. The van der Waals surface area contributed by atoms with Crippen LogP contribution in [0, 0.1) is 5.92 Å². The molecule has 4 aliphatic heterocycles. The topological polar surface area (TPSA) is 54.4 Å². The average molecular weight is 465 g/mol. The van der Waals surface area contributed by atoms with Crippen LogP contribution in [0.3, 0.4) is 0 Å². The first-order chi connectivity index (χ1) is 16.7. The molecule has 0 radical (unpaired) electrons. The van der Waals surface area contributed by atoms with E-state index in [1.807, 2.05) is 11.1 Å². The van der Waals surface area contributed by atoms with Crippen LogP contribution in [0.1, 0.15) is 24.8 Å². The van der Waals surface area contributed by atoms with E-state index in [0.717, 1.165) is 45.7 Å². The van der Waals surface area contributed by atoms with Crippen molar-refractivity contribution in [2.75, 3.05) is 57.3 Å². The van der Waals surface area contributed by atoms with Gasteiger partial charge in [-0.2, -0.15) is 5.10 Å². The maximum atomic E-state index is 13.2. The molecule has 6 rings (SSSR count). The standard InChI is InChI=1S/C26H33FN6O/c27-22-15-20(16-22)26(34)32-13-11-31(12-14-32)24-5-6-29-33-18-21(17-25(24)33)19-1-3-23(4-2-19)30-9-7-28-8-10-30/h1-6,18,20,22,25,28H,7-17H2. The fourth-order valence-electron chi connectivity index (χ4n) is 5.77. The number of hydrogen-bond acceptors (Lipinski definition) is 6. The number of alkyl halides is 1. The summed E-state index contributed by atoms with van der Waals surface area (Å²) >= 11 is 0. The molecular weight excluding hydrogens is 431 g/mol. The summed E-state index contributed by atoms with van der Waals surface area (Å²) in [5.41, 5.74) is 5.13. The zero-order chi connectivity index (χ0) is 23.1. The molecule has 4 heterocycles. The summed E-state index contributed by atoms with van der Waals surface area (Å²) < 4.78 is 13.2. The molecular formula is C26H33FN6O. The van der Waals surface area contributed by atoms with Gasteiger partial charge in [-0.15, -0.1) is 0 Å². The van der Waals surface area contributed by atoms with Gasteiger partial charge in [0.1, 0.15) is 6.17 Å². The van der Waals surface area contributed by atoms with Crippen LogP contribution in [0.25, 0.3) is 5.57 Å². The van der Waals surface area contributed by atoms with E-state index in [4.69, 9.17) is 0 Å². The van der Waals surface area contributed by atoms with Crippen LogP contribution in [0.15, 0.2) is 47.3 Å². The molecule has 180 valence electrons. The smallest absolute Gasteiger partial charge is 0.226 e. The number of carbonyl (C=O) groups excluding carboxylic acids is 1. The highest BCUT2D eigenvalue weighted by Crippen LogP contribution is 2.37. The molecule has 1 aromatic carbocycles. The second-order valence-corrected chi connectivity index (χ2v) is 9.97. The van der Waals surface area contributed by atoms with E-state index < -0.39 is 6.17 Å². The summed E-state index contributed by atoms with van der Waals surface area (Å²) in [5.74, 6) is 0.0427. The van der Waals surface area contributed by atoms with Crippen molar-refractivity contribution < 1.29 is 9.18 Å². The van der Waals surface area contributed by atoms with Crippen molar-refractivity contribution in [1.29, 1.82) is 0 Å². The molecule has 0 spiro atoms. The normalized spacial score (nSPS) is 28.9. The monoisotopic (exact) mass is 464 g/mol. The van der Waals surface area contributed by atoms with E-state index in [0.29, 0.717) is 25.9 Å². The molecule has 8 heteroatoms. The van der Waals surface area contributed by atoms with Gasteiger partial charge in [0.2, 0.25) is 5.91 Å². The average Bonchev–Trinajstić information content (AvgIpc) is 3.32. The van der Waals surface area contributed by atoms with Gasteiger partial charge in [-0.1, -0.05) is 12.1 Å². The second kappa shape index (κ2) is 9.06. The Kier molecular flexibility index (Phi) is 5.77. The van der Waals surface area contributed by atoms with Crippen LogP contribution < -0.4 is 10.2 Å². The number of benzene rings is 1. The Hall–Kier alpha value is -2.87. The van der Waals surface area contributed by atoms with E-state index in [-0.39, 0.29) is 17.9 Å². The van der Waals surface area contributed by atoms with Crippen LogP contribution >= 0.6 is 0 Å². The Morgan fingerprint density at radius 2 is 1.71 bits per heavy atom. The van der Waals surface area contributed by atoms with E-state index in [2.05, 4.69) is 61.8 Å². The first-order valence-electron chi connectivity index (χ1n) is 12.6. The van der Waals surface area contributed by atoms with E-state index in [9.17, 15) is 9.18 Å². The van der Waals surface area contributed by atoms with Crippen LogP contribution in [0.2, 0.25) is 0 Å². The van der Waals surface area contributed by atoms with Gasteiger partial charge in [-0.05, 0) is 42.2 Å². The molecule has 0 aromatic heterocycles. The highest BCUT2D eigenvalue weighted by atomic mass is 19.1. The largest absolute Gasteiger partial charge is 0.369 e. The summed E-state index contributed by atoms with van der Waals surface area (Å²) in [6.07, 6.45) is 7.14. The Balaban J connectivity index is 1.08.